The Morgan fingerprint density at radius 1 is 1.61 bits per heavy atom. The molecule has 0 bridgehead atoms. The van der Waals surface area contributed by atoms with E-state index >= 15 is 0 Å². The normalized spacial score (nSPS) is 23.4. The Kier molecular flexibility index (Phi) is 5.78. The molecule has 1 heterocycles. The van der Waals surface area contributed by atoms with Gasteiger partial charge in [-0.15, -0.1) is 0 Å². The van der Waals surface area contributed by atoms with Gasteiger partial charge in [0.2, 0.25) is 0 Å². The first-order chi connectivity index (χ1) is 8.51. The molecule has 0 unspecified atom stereocenters. The molecule has 2 N–H and O–H groups in total. The van der Waals surface area contributed by atoms with Gasteiger partial charge in [-0.25, -0.2) is 8.42 Å². The predicted octanol–water partition coefficient (Wildman–Crippen LogP) is 1.16. The second-order valence-corrected chi connectivity index (χ2v) is 6.39. The SMILES string of the molecule is C=C/C=C(\C=C/C)S(=O)(=O)C[C@H](O)[C@H]1CCCN1. The third-order valence-electron chi connectivity index (χ3n) is 2.93. The molecule has 0 aromatic carbocycles. The molecule has 1 rings (SSSR count). The van der Waals surface area contributed by atoms with Crippen LogP contribution in [0, 0.1) is 0 Å². The smallest absolute Gasteiger partial charge is 0.180 e. The van der Waals surface area contributed by atoms with Crippen molar-refractivity contribution in [3.8, 4) is 0 Å². The van der Waals surface area contributed by atoms with Gasteiger partial charge in [0.05, 0.1) is 16.8 Å². The summed E-state index contributed by atoms with van der Waals surface area (Å²) in [4.78, 5) is 0.192. The highest BCUT2D eigenvalue weighted by Crippen LogP contribution is 2.16. The molecule has 5 heteroatoms. The van der Waals surface area contributed by atoms with Crippen LogP contribution < -0.4 is 5.32 Å². The second-order valence-electron chi connectivity index (χ2n) is 4.36. The minimum absolute atomic E-state index is 0.115. The number of allylic oxidation sites excluding steroid dienone is 4. The molecule has 18 heavy (non-hydrogen) atoms. The van der Waals surface area contributed by atoms with Crippen LogP contribution in [0.2, 0.25) is 0 Å². The first-order valence-corrected chi connectivity index (χ1v) is 7.76. The fraction of sp³-hybridized carbons (Fsp3) is 0.538. The number of nitrogens with one attached hydrogen (secondary N) is 1. The summed E-state index contributed by atoms with van der Waals surface area (Å²) < 4.78 is 24.2. The maximum Gasteiger partial charge on any atom is 0.180 e. The summed E-state index contributed by atoms with van der Waals surface area (Å²) in [5.74, 6) is -0.255. The quantitative estimate of drug-likeness (QED) is 0.712. The molecule has 1 fully saturated rings. The molecule has 0 aromatic heterocycles. The van der Waals surface area contributed by atoms with E-state index in [9.17, 15) is 13.5 Å². The van der Waals surface area contributed by atoms with Gasteiger partial charge in [-0.05, 0) is 38.5 Å². The van der Waals surface area contributed by atoms with Gasteiger partial charge >= 0.3 is 0 Å². The van der Waals surface area contributed by atoms with Gasteiger partial charge in [0.25, 0.3) is 0 Å². The van der Waals surface area contributed by atoms with E-state index in [0.717, 1.165) is 19.4 Å². The van der Waals surface area contributed by atoms with Gasteiger partial charge in [0.1, 0.15) is 0 Å². The Labute approximate surface area is 109 Å². The van der Waals surface area contributed by atoms with E-state index in [1.54, 1.807) is 13.0 Å². The van der Waals surface area contributed by atoms with Crippen molar-refractivity contribution in [2.24, 2.45) is 0 Å². The molecule has 1 aliphatic rings. The monoisotopic (exact) mass is 271 g/mol. The molecule has 1 saturated heterocycles. The standard InChI is InChI=1S/C13H21NO3S/c1-3-6-11(7-4-2)18(16,17)10-13(15)12-8-5-9-14-12/h3-4,6-7,12-15H,1,5,8-10H2,2H3/b7-4-,11-6+/t12-,13+/m1/s1. The highest BCUT2D eigenvalue weighted by molar-refractivity contribution is 7.95. The molecule has 0 aromatic rings. The number of hydrogen-bond acceptors (Lipinski definition) is 4. The average molecular weight is 271 g/mol. The Balaban J connectivity index is 2.79. The molecular formula is C13H21NO3S. The summed E-state index contributed by atoms with van der Waals surface area (Å²) >= 11 is 0. The van der Waals surface area contributed by atoms with E-state index in [-0.39, 0.29) is 16.7 Å². The Morgan fingerprint density at radius 2 is 2.33 bits per heavy atom. The molecule has 0 aliphatic carbocycles. The van der Waals surface area contributed by atoms with Crippen molar-refractivity contribution in [1.29, 1.82) is 0 Å². The molecule has 0 spiro atoms. The predicted molar refractivity (Wildman–Crippen MR) is 73.9 cm³/mol. The maximum absolute atomic E-state index is 12.1. The lowest BCUT2D eigenvalue weighted by Crippen LogP contribution is -2.39. The van der Waals surface area contributed by atoms with Crippen molar-refractivity contribution in [2.75, 3.05) is 12.3 Å². The fourth-order valence-corrected chi connectivity index (χ4v) is 3.54. The molecule has 0 saturated carbocycles. The van der Waals surface area contributed by atoms with Crippen LogP contribution >= 0.6 is 0 Å². The zero-order chi connectivity index (χ0) is 13.6. The van der Waals surface area contributed by atoms with Gasteiger partial charge < -0.3 is 10.4 Å². The molecule has 0 radical (unpaired) electrons. The van der Waals surface area contributed by atoms with Crippen molar-refractivity contribution in [1.82, 2.24) is 5.32 Å². The van der Waals surface area contributed by atoms with Crippen LogP contribution in [-0.4, -0.2) is 38.0 Å². The fourth-order valence-electron chi connectivity index (χ4n) is 2.02. The first-order valence-electron chi connectivity index (χ1n) is 6.11. The summed E-state index contributed by atoms with van der Waals surface area (Å²) in [6.45, 7) is 6.09. The third-order valence-corrected chi connectivity index (χ3v) is 4.70. The number of aliphatic hydroxyl groups is 1. The largest absolute Gasteiger partial charge is 0.390 e. The molecule has 4 nitrogen and oxygen atoms in total. The minimum Gasteiger partial charge on any atom is -0.390 e. The van der Waals surface area contributed by atoms with E-state index in [4.69, 9.17) is 0 Å². The lowest BCUT2D eigenvalue weighted by Gasteiger charge is -2.18. The van der Waals surface area contributed by atoms with Crippen molar-refractivity contribution in [2.45, 2.75) is 31.9 Å². The Morgan fingerprint density at radius 3 is 2.83 bits per heavy atom. The second kappa shape index (κ2) is 6.87. The highest BCUT2D eigenvalue weighted by atomic mass is 32.2. The lowest BCUT2D eigenvalue weighted by atomic mass is 10.1. The van der Waals surface area contributed by atoms with Crippen LogP contribution in [0.25, 0.3) is 0 Å². The van der Waals surface area contributed by atoms with Gasteiger partial charge in [-0.2, -0.15) is 0 Å². The van der Waals surface area contributed by atoms with Crippen LogP contribution in [0.3, 0.4) is 0 Å². The number of hydrogen-bond donors (Lipinski definition) is 2. The zero-order valence-electron chi connectivity index (χ0n) is 10.7. The molecule has 102 valence electrons. The molecular weight excluding hydrogens is 250 g/mol. The van der Waals surface area contributed by atoms with Crippen molar-refractivity contribution in [3.05, 3.63) is 35.8 Å². The van der Waals surface area contributed by atoms with Crippen LogP contribution in [0.1, 0.15) is 19.8 Å². The summed E-state index contributed by atoms with van der Waals surface area (Å²) in [5, 5.41) is 13.1. The van der Waals surface area contributed by atoms with Crippen LogP contribution in [-0.2, 0) is 9.84 Å². The number of rotatable bonds is 6. The summed E-state index contributed by atoms with van der Waals surface area (Å²) in [7, 11) is -3.47. The zero-order valence-corrected chi connectivity index (χ0v) is 11.5. The average Bonchev–Trinajstić information content (AvgIpc) is 2.81. The first kappa shape index (κ1) is 15.1. The van der Waals surface area contributed by atoms with Gasteiger partial charge in [0.15, 0.2) is 9.84 Å². The Bertz CT molecular complexity index is 431. The maximum atomic E-state index is 12.1. The Hall–Kier alpha value is -0.910. The van der Waals surface area contributed by atoms with E-state index in [1.165, 1.54) is 18.2 Å². The number of sulfone groups is 1. The van der Waals surface area contributed by atoms with E-state index in [2.05, 4.69) is 11.9 Å². The third kappa shape index (κ3) is 4.08. The van der Waals surface area contributed by atoms with Gasteiger partial charge in [-0.1, -0.05) is 18.7 Å². The van der Waals surface area contributed by atoms with Crippen LogP contribution in [0.5, 0.6) is 0 Å². The van der Waals surface area contributed by atoms with Gasteiger partial charge in [0, 0.05) is 6.04 Å². The van der Waals surface area contributed by atoms with E-state index in [1.807, 2.05) is 0 Å². The van der Waals surface area contributed by atoms with Crippen LogP contribution in [0.15, 0.2) is 35.8 Å². The van der Waals surface area contributed by atoms with E-state index in [0.29, 0.717) is 0 Å². The topological polar surface area (TPSA) is 66.4 Å². The summed E-state index contributed by atoms with van der Waals surface area (Å²) in [6.07, 6.45) is 7.00. The van der Waals surface area contributed by atoms with Gasteiger partial charge in [-0.3, -0.25) is 0 Å². The molecule has 1 aliphatic heterocycles. The number of aliphatic hydroxyl groups excluding tert-OH is 1. The van der Waals surface area contributed by atoms with Crippen LogP contribution in [0.4, 0.5) is 0 Å². The minimum atomic E-state index is -3.47. The molecule has 2 atom stereocenters. The van der Waals surface area contributed by atoms with E-state index < -0.39 is 15.9 Å². The van der Waals surface area contributed by atoms with Crippen molar-refractivity contribution >= 4 is 9.84 Å². The van der Waals surface area contributed by atoms with Crippen molar-refractivity contribution < 1.29 is 13.5 Å². The van der Waals surface area contributed by atoms with Crippen molar-refractivity contribution in [3.63, 3.8) is 0 Å². The summed E-state index contributed by atoms with van der Waals surface area (Å²) in [5.41, 5.74) is 0. The molecule has 0 amide bonds. The summed E-state index contributed by atoms with van der Waals surface area (Å²) in [6, 6.07) is -0.115. The highest BCUT2D eigenvalue weighted by Gasteiger charge is 2.28. The lowest BCUT2D eigenvalue weighted by molar-refractivity contribution is 0.157.